The predicted molar refractivity (Wildman–Crippen MR) is 65.8 cm³/mol. The van der Waals surface area contributed by atoms with Crippen LogP contribution < -0.4 is 16.0 Å². The van der Waals surface area contributed by atoms with Crippen molar-refractivity contribution in [3.05, 3.63) is 35.4 Å². The third-order valence-electron chi connectivity index (χ3n) is 2.56. The highest BCUT2D eigenvalue weighted by Crippen LogP contribution is 2.35. The molecule has 22 heavy (non-hydrogen) atoms. The minimum atomic E-state index is -5.05. The standard InChI is InChI=1S/C12H12F5N3O2/c1-18-11(22)20-8(21)5-19-10(12(15,16)17)9-6(13)3-2-4-7(9)14/h2-4,10,19H,5H2,1H3,(H2,18,20,21,22)/t10-/m1/s1. The molecule has 0 radical (unpaired) electrons. The minimum Gasteiger partial charge on any atom is -0.341 e. The number of carbonyl (C=O) groups excluding carboxylic acids is 2. The van der Waals surface area contributed by atoms with Crippen LogP contribution >= 0.6 is 0 Å². The van der Waals surface area contributed by atoms with Crippen LogP contribution in [0.4, 0.5) is 26.7 Å². The summed E-state index contributed by atoms with van der Waals surface area (Å²) in [5, 5.41) is 5.42. The summed E-state index contributed by atoms with van der Waals surface area (Å²) in [6.07, 6.45) is -5.05. The third-order valence-corrected chi connectivity index (χ3v) is 2.56. The summed E-state index contributed by atoms with van der Waals surface area (Å²) in [5.41, 5.74) is -1.25. The summed E-state index contributed by atoms with van der Waals surface area (Å²) >= 11 is 0. The quantitative estimate of drug-likeness (QED) is 0.737. The van der Waals surface area contributed by atoms with Crippen LogP contribution in [0.3, 0.4) is 0 Å². The first-order valence-electron chi connectivity index (χ1n) is 5.92. The van der Waals surface area contributed by atoms with E-state index in [0.29, 0.717) is 12.1 Å². The molecule has 10 heteroatoms. The highest BCUT2D eigenvalue weighted by Gasteiger charge is 2.43. The second-order valence-corrected chi connectivity index (χ2v) is 4.12. The lowest BCUT2D eigenvalue weighted by Crippen LogP contribution is -2.45. The number of carbonyl (C=O) groups is 2. The maximum Gasteiger partial charge on any atom is 0.408 e. The van der Waals surface area contributed by atoms with E-state index in [2.05, 4.69) is 0 Å². The zero-order chi connectivity index (χ0) is 16.9. The van der Waals surface area contributed by atoms with E-state index in [1.165, 1.54) is 7.05 Å². The van der Waals surface area contributed by atoms with Crippen molar-refractivity contribution in [3.63, 3.8) is 0 Å². The Morgan fingerprint density at radius 3 is 2.18 bits per heavy atom. The number of imide groups is 1. The van der Waals surface area contributed by atoms with E-state index in [-0.39, 0.29) is 0 Å². The number of rotatable bonds is 4. The van der Waals surface area contributed by atoms with Crippen molar-refractivity contribution in [2.24, 2.45) is 0 Å². The fourth-order valence-electron chi connectivity index (χ4n) is 1.60. The summed E-state index contributed by atoms with van der Waals surface area (Å²) < 4.78 is 65.8. The maximum absolute atomic E-state index is 13.5. The molecule has 1 aromatic carbocycles. The topological polar surface area (TPSA) is 70.2 Å². The van der Waals surface area contributed by atoms with E-state index < -0.39 is 47.9 Å². The maximum atomic E-state index is 13.5. The van der Waals surface area contributed by atoms with Gasteiger partial charge in [0.05, 0.1) is 6.54 Å². The predicted octanol–water partition coefficient (Wildman–Crippen LogP) is 1.61. The van der Waals surface area contributed by atoms with E-state index >= 15 is 0 Å². The second kappa shape index (κ2) is 7.16. The zero-order valence-electron chi connectivity index (χ0n) is 11.2. The lowest BCUT2D eigenvalue weighted by Gasteiger charge is -2.22. The van der Waals surface area contributed by atoms with Crippen molar-refractivity contribution in [3.8, 4) is 0 Å². The number of halogens is 5. The summed E-state index contributed by atoms with van der Waals surface area (Å²) in [4.78, 5) is 22.1. The Labute approximate surface area is 121 Å². The van der Waals surface area contributed by atoms with Gasteiger partial charge in [0.15, 0.2) is 0 Å². The van der Waals surface area contributed by atoms with Crippen molar-refractivity contribution in [2.45, 2.75) is 12.2 Å². The van der Waals surface area contributed by atoms with Gasteiger partial charge in [-0.05, 0) is 12.1 Å². The van der Waals surface area contributed by atoms with Gasteiger partial charge in [0.25, 0.3) is 0 Å². The van der Waals surface area contributed by atoms with Crippen LogP contribution in [0, 0.1) is 11.6 Å². The molecule has 1 atom stereocenters. The van der Waals surface area contributed by atoms with Crippen molar-refractivity contribution in [2.75, 3.05) is 13.6 Å². The van der Waals surface area contributed by atoms with E-state index in [4.69, 9.17) is 0 Å². The lowest BCUT2D eigenvalue weighted by atomic mass is 10.0. The molecule has 122 valence electrons. The van der Waals surface area contributed by atoms with Gasteiger partial charge in [-0.15, -0.1) is 0 Å². The number of urea groups is 1. The molecule has 1 rings (SSSR count). The Hall–Kier alpha value is -2.23. The summed E-state index contributed by atoms with van der Waals surface area (Å²) in [5.74, 6) is -3.89. The summed E-state index contributed by atoms with van der Waals surface area (Å²) in [6, 6.07) is -1.40. The molecular weight excluding hydrogens is 313 g/mol. The van der Waals surface area contributed by atoms with E-state index in [1.807, 2.05) is 5.32 Å². The molecular formula is C12H12F5N3O2. The monoisotopic (exact) mass is 325 g/mol. The van der Waals surface area contributed by atoms with Gasteiger partial charge in [-0.1, -0.05) is 6.07 Å². The van der Waals surface area contributed by atoms with Crippen molar-refractivity contribution >= 4 is 11.9 Å². The van der Waals surface area contributed by atoms with Crippen LogP contribution in [0.5, 0.6) is 0 Å². The third kappa shape index (κ3) is 4.65. The van der Waals surface area contributed by atoms with Crippen molar-refractivity contribution < 1.29 is 31.5 Å². The molecule has 0 aliphatic carbocycles. The van der Waals surface area contributed by atoms with Crippen LogP contribution in [0.1, 0.15) is 11.6 Å². The number of hydrogen-bond acceptors (Lipinski definition) is 3. The highest BCUT2D eigenvalue weighted by molar-refractivity contribution is 5.95. The Balaban J connectivity index is 2.92. The molecule has 0 aliphatic rings. The molecule has 0 fully saturated rings. The number of amides is 3. The number of alkyl halides is 3. The molecule has 0 saturated heterocycles. The molecule has 0 heterocycles. The molecule has 3 N–H and O–H groups in total. The van der Waals surface area contributed by atoms with E-state index in [0.717, 1.165) is 6.07 Å². The molecule has 0 aromatic heterocycles. The average Bonchev–Trinajstić information content (AvgIpc) is 2.40. The molecule has 0 bridgehead atoms. The largest absolute Gasteiger partial charge is 0.408 e. The van der Waals surface area contributed by atoms with Gasteiger partial charge >= 0.3 is 12.2 Å². The molecule has 5 nitrogen and oxygen atoms in total. The molecule has 0 saturated carbocycles. The highest BCUT2D eigenvalue weighted by atomic mass is 19.4. The van der Waals surface area contributed by atoms with Crippen molar-refractivity contribution in [1.82, 2.24) is 16.0 Å². The fourth-order valence-corrected chi connectivity index (χ4v) is 1.60. The van der Waals surface area contributed by atoms with Gasteiger partial charge in [0.1, 0.15) is 17.7 Å². The van der Waals surface area contributed by atoms with Gasteiger partial charge < -0.3 is 5.32 Å². The first kappa shape index (κ1) is 17.8. The van der Waals surface area contributed by atoms with Gasteiger partial charge in [-0.2, -0.15) is 13.2 Å². The van der Waals surface area contributed by atoms with Crippen LogP contribution in [0.2, 0.25) is 0 Å². The van der Waals surface area contributed by atoms with Gasteiger partial charge in [0.2, 0.25) is 5.91 Å². The second-order valence-electron chi connectivity index (χ2n) is 4.12. The Morgan fingerprint density at radius 1 is 1.18 bits per heavy atom. The smallest absolute Gasteiger partial charge is 0.341 e. The SMILES string of the molecule is CNC(=O)NC(=O)CN[C@H](c1c(F)cccc1F)C(F)(F)F. The van der Waals surface area contributed by atoms with Gasteiger partial charge in [-0.25, -0.2) is 13.6 Å². The van der Waals surface area contributed by atoms with Crippen LogP contribution in [0.15, 0.2) is 18.2 Å². The molecule has 0 spiro atoms. The van der Waals surface area contributed by atoms with Gasteiger partial charge in [-0.3, -0.25) is 15.4 Å². The summed E-state index contributed by atoms with van der Waals surface area (Å²) in [7, 11) is 1.20. The average molecular weight is 325 g/mol. The van der Waals surface area contributed by atoms with Crippen molar-refractivity contribution in [1.29, 1.82) is 0 Å². The lowest BCUT2D eigenvalue weighted by molar-refractivity contribution is -0.159. The Kier molecular flexibility index (Phi) is 5.80. The first-order valence-corrected chi connectivity index (χ1v) is 5.92. The van der Waals surface area contributed by atoms with E-state index in [9.17, 15) is 31.5 Å². The molecule has 0 unspecified atom stereocenters. The number of hydrogen-bond donors (Lipinski definition) is 3. The number of nitrogens with one attached hydrogen (secondary N) is 3. The van der Waals surface area contributed by atoms with Crippen LogP contribution in [-0.4, -0.2) is 31.7 Å². The fraction of sp³-hybridized carbons (Fsp3) is 0.333. The minimum absolute atomic E-state index is 0.670. The molecule has 3 amide bonds. The molecule has 0 aliphatic heterocycles. The van der Waals surface area contributed by atoms with Crippen LogP contribution in [0.25, 0.3) is 0 Å². The van der Waals surface area contributed by atoms with Gasteiger partial charge in [0, 0.05) is 12.6 Å². The molecule has 1 aromatic rings. The first-order chi connectivity index (χ1) is 10.2. The normalized spacial score (nSPS) is 12.6. The number of benzene rings is 1. The Morgan fingerprint density at radius 2 is 1.73 bits per heavy atom. The zero-order valence-corrected chi connectivity index (χ0v) is 11.2. The summed E-state index contributed by atoms with van der Waals surface area (Å²) in [6.45, 7) is -0.967. The van der Waals surface area contributed by atoms with Crippen LogP contribution in [-0.2, 0) is 4.79 Å². The Bertz CT molecular complexity index is 542. The van der Waals surface area contributed by atoms with E-state index in [1.54, 1.807) is 10.6 Å².